The first kappa shape index (κ1) is 11.3. The van der Waals surface area contributed by atoms with Gasteiger partial charge in [-0.1, -0.05) is 27.5 Å². The molecule has 0 fully saturated rings. The van der Waals surface area contributed by atoms with E-state index in [0.717, 1.165) is 0 Å². The molecule has 0 bridgehead atoms. The van der Waals surface area contributed by atoms with Gasteiger partial charge in [0.25, 0.3) is 0 Å². The maximum Gasteiger partial charge on any atom is 0.339 e. The summed E-state index contributed by atoms with van der Waals surface area (Å²) in [5.74, 6) is -0.726. The van der Waals surface area contributed by atoms with Crippen LogP contribution in [0.4, 0.5) is 0 Å². The number of carbonyl (C=O) groups is 1. The van der Waals surface area contributed by atoms with Crippen molar-refractivity contribution in [3.05, 3.63) is 28.8 Å². The number of hydrogen-bond acceptors (Lipinski definition) is 2. The number of ether oxygens (including phenoxy) is 1. The smallest absolute Gasteiger partial charge is 0.339 e. The van der Waals surface area contributed by atoms with Crippen LogP contribution in [0.5, 0.6) is 5.75 Å². The molecule has 0 spiro atoms. The minimum atomic E-state index is -1.02. The van der Waals surface area contributed by atoms with Crippen molar-refractivity contribution in [3.8, 4) is 5.75 Å². The highest BCUT2D eigenvalue weighted by atomic mass is 79.9. The number of halogens is 2. The fourth-order valence-electron chi connectivity index (χ4n) is 0.941. The molecule has 76 valence electrons. The first-order valence-corrected chi connectivity index (χ1v) is 5.36. The molecule has 0 heterocycles. The van der Waals surface area contributed by atoms with Gasteiger partial charge in [0.2, 0.25) is 0 Å². The number of aromatic carboxylic acids is 1. The van der Waals surface area contributed by atoms with E-state index < -0.39 is 5.97 Å². The molecule has 0 aromatic heterocycles. The van der Waals surface area contributed by atoms with Crippen LogP contribution in [0.25, 0.3) is 0 Å². The second-order valence-corrected chi connectivity index (χ2v) is 3.71. The molecule has 1 N–H and O–H groups in total. The SMILES string of the molecule is O=C(O)c1ccc(Cl)cc1OCCBr. The number of hydrogen-bond donors (Lipinski definition) is 1. The van der Waals surface area contributed by atoms with Gasteiger partial charge in [-0.3, -0.25) is 0 Å². The van der Waals surface area contributed by atoms with E-state index in [1.807, 2.05) is 0 Å². The van der Waals surface area contributed by atoms with Crippen LogP contribution in [0.3, 0.4) is 0 Å². The highest BCUT2D eigenvalue weighted by Gasteiger charge is 2.11. The summed E-state index contributed by atoms with van der Waals surface area (Å²) in [5, 5.41) is 9.92. The van der Waals surface area contributed by atoms with Gasteiger partial charge >= 0.3 is 5.97 Å². The Hall–Kier alpha value is -0.740. The lowest BCUT2D eigenvalue weighted by atomic mass is 10.2. The van der Waals surface area contributed by atoms with E-state index in [0.29, 0.717) is 22.7 Å². The zero-order valence-electron chi connectivity index (χ0n) is 7.17. The third-order valence-corrected chi connectivity index (χ3v) is 2.07. The zero-order chi connectivity index (χ0) is 10.6. The molecular weight excluding hydrogens is 271 g/mol. The van der Waals surface area contributed by atoms with Gasteiger partial charge in [0.05, 0.1) is 6.61 Å². The minimum Gasteiger partial charge on any atom is -0.492 e. The maximum absolute atomic E-state index is 10.8. The standard InChI is InChI=1S/C9H8BrClO3/c10-3-4-14-8-5-6(11)1-2-7(8)9(12)13/h1-2,5H,3-4H2,(H,12,13). The Labute approximate surface area is 94.8 Å². The molecule has 0 saturated carbocycles. The molecule has 0 unspecified atom stereocenters. The van der Waals surface area contributed by atoms with Crippen LogP contribution in [0, 0.1) is 0 Å². The predicted octanol–water partition coefficient (Wildman–Crippen LogP) is 2.81. The summed E-state index contributed by atoms with van der Waals surface area (Å²) in [6.45, 7) is 0.403. The fraction of sp³-hybridized carbons (Fsp3) is 0.222. The minimum absolute atomic E-state index is 0.121. The van der Waals surface area contributed by atoms with Gasteiger partial charge in [-0.2, -0.15) is 0 Å². The van der Waals surface area contributed by atoms with E-state index in [2.05, 4.69) is 15.9 Å². The average molecular weight is 280 g/mol. The van der Waals surface area contributed by atoms with Gasteiger partial charge in [0.1, 0.15) is 11.3 Å². The second-order valence-electron chi connectivity index (χ2n) is 2.48. The normalized spacial score (nSPS) is 9.86. The van der Waals surface area contributed by atoms with Crippen molar-refractivity contribution < 1.29 is 14.6 Å². The second kappa shape index (κ2) is 5.22. The third-order valence-electron chi connectivity index (χ3n) is 1.51. The molecule has 1 rings (SSSR count). The Morgan fingerprint density at radius 1 is 1.57 bits per heavy atom. The largest absolute Gasteiger partial charge is 0.492 e. The third kappa shape index (κ3) is 2.89. The van der Waals surface area contributed by atoms with Crippen molar-refractivity contribution in [2.24, 2.45) is 0 Å². The summed E-state index contributed by atoms with van der Waals surface area (Å²) in [7, 11) is 0. The highest BCUT2D eigenvalue weighted by Crippen LogP contribution is 2.23. The lowest BCUT2D eigenvalue weighted by Crippen LogP contribution is -2.04. The van der Waals surface area contributed by atoms with Crippen molar-refractivity contribution in [2.45, 2.75) is 0 Å². The van der Waals surface area contributed by atoms with E-state index in [1.54, 1.807) is 0 Å². The summed E-state index contributed by atoms with van der Waals surface area (Å²) < 4.78 is 5.22. The average Bonchev–Trinajstić information content (AvgIpc) is 2.14. The first-order chi connectivity index (χ1) is 6.65. The van der Waals surface area contributed by atoms with Gasteiger partial charge < -0.3 is 9.84 Å². The van der Waals surface area contributed by atoms with Crippen LogP contribution in [0.1, 0.15) is 10.4 Å². The summed E-state index contributed by atoms with van der Waals surface area (Å²) >= 11 is 8.90. The Bertz CT molecular complexity index is 341. The van der Waals surface area contributed by atoms with Crippen molar-refractivity contribution in [2.75, 3.05) is 11.9 Å². The van der Waals surface area contributed by atoms with Gasteiger partial charge in [-0.05, 0) is 18.2 Å². The van der Waals surface area contributed by atoms with Crippen LogP contribution in [-0.2, 0) is 0 Å². The molecule has 0 radical (unpaired) electrons. The lowest BCUT2D eigenvalue weighted by molar-refractivity contribution is 0.0692. The summed E-state index contributed by atoms with van der Waals surface area (Å²) in [5.41, 5.74) is 0.121. The van der Waals surface area contributed by atoms with E-state index in [-0.39, 0.29) is 5.56 Å². The lowest BCUT2D eigenvalue weighted by Gasteiger charge is -2.07. The van der Waals surface area contributed by atoms with Crippen molar-refractivity contribution in [1.29, 1.82) is 0 Å². The summed E-state index contributed by atoms with van der Waals surface area (Å²) in [6.07, 6.45) is 0. The van der Waals surface area contributed by atoms with Crippen LogP contribution >= 0.6 is 27.5 Å². The molecule has 0 saturated heterocycles. The number of carboxylic acid groups (broad SMARTS) is 1. The Morgan fingerprint density at radius 3 is 2.86 bits per heavy atom. The van der Waals surface area contributed by atoms with Gasteiger partial charge in [-0.15, -0.1) is 0 Å². The summed E-state index contributed by atoms with van der Waals surface area (Å²) in [6, 6.07) is 4.44. The highest BCUT2D eigenvalue weighted by molar-refractivity contribution is 9.09. The Morgan fingerprint density at radius 2 is 2.29 bits per heavy atom. The van der Waals surface area contributed by atoms with Gasteiger partial charge in [-0.25, -0.2) is 4.79 Å². The van der Waals surface area contributed by atoms with Gasteiger partial charge in [0, 0.05) is 10.4 Å². The van der Waals surface area contributed by atoms with E-state index in [9.17, 15) is 4.79 Å². The number of benzene rings is 1. The quantitative estimate of drug-likeness (QED) is 0.862. The van der Waals surface area contributed by atoms with Crippen molar-refractivity contribution in [1.82, 2.24) is 0 Å². The maximum atomic E-state index is 10.8. The molecule has 0 atom stereocenters. The molecule has 1 aromatic carbocycles. The topological polar surface area (TPSA) is 46.5 Å². The van der Waals surface area contributed by atoms with Crippen LogP contribution in [0.2, 0.25) is 5.02 Å². The number of carboxylic acids is 1. The Kier molecular flexibility index (Phi) is 4.22. The van der Waals surface area contributed by atoms with Crippen LogP contribution in [-0.4, -0.2) is 23.0 Å². The van der Waals surface area contributed by atoms with E-state index >= 15 is 0 Å². The molecular formula is C9H8BrClO3. The van der Waals surface area contributed by atoms with Crippen molar-refractivity contribution >= 4 is 33.5 Å². The van der Waals surface area contributed by atoms with Crippen LogP contribution < -0.4 is 4.74 Å². The summed E-state index contributed by atoms with van der Waals surface area (Å²) in [4.78, 5) is 10.8. The van der Waals surface area contributed by atoms with Crippen molar-refractivity contribution in [3.63, 3.8) is 0 Å². The molecule has 1 aromatic rings. The number of rotatable bonds is 4. The molecule has 3 nitrogen and oxygen atoms in total. The first-order valence-electron chi connectivity index (χ1n) is 3.86. The number of alkyl halides is 1. The monoisotopic (exact) mass is 278 g/mol. The molecule has 0 aliphatic heterocycles. The molecule has 0 amide bonds. The van der Waals surface area contributed by atoms with Crippen LogP contribution in [0.15, 0.2) is 18.2 Å². The van der Waals surface area contributed by atoms with Gasteiger partial charge in [0.15, 0.2) is 0 Å². The van der Waals surface area contributed by atoms with E-state index in [1.165, 1.54) is 18.2 Å². The Balaban J connectivity index is 2.97. The molecule has 14 heavy (non-hydrogen) atoms. The van der Waals surface area contributed by atoms with E-state index in [4.69, 9.17) is 21.4 Å². The molecule has 5 heteroatoms. The fourth-order valence-corrected chi connectivity index (χ4v) is 1.26. The molecule has 0 aliphatic rings. The zero-order valence-corrected chi connectivity index (χ0v) is 9.51. The molecule has 0 aliphatic carbocycles. The predicted molar refractivity (Wildman–Crippen MR) is 57.7 cm³/mol.